The number of ether oxygens (including phenoxy) is 2. The van der Waals surface area contributed by atoms with Crippen LogP contribution in [0.3, 0.4) is 0 Å². The molecule has 0 unspecified atom stereocenters. The molecule has 152 valence electrons. The average Bonchev–Trinajstić information content (AvgIpc) is 3.04. The third-order valence-electron chi connectivity index (χ3n) is 4.50. The third-order valence-corrected chi connectivity index (χ3v) is 6.13. The maximum atomic E-state index is 12.7. The fraction of sp³-hybridized carbons (Fsp3) is 0.125. The van der Waals surface area contributed by atoms with Gasteiger partial charge in [0.1, 0.15) is 6.61 Å². The predicted octanol–water partition coefficient (Wildman–Crippen LogP) is 7.30. The molecule has 0 radical (unpaired) electrons. The second-order valence-electron chi connectivity index (χ2n) is 6.61. The molecule has 30 heavy (non-hydrogen) atoms. The number of halogens is 2. The maximum Gasteiger partial charge on any atom is 0.200 e. The highest BCUT2D eigenvalue weighted by atomic mass is 35.5. The Morgan fingerprint density at radius 1 is 1.00 bits per heavy atom. The molecule has 1 aliphatic heterocycles. The van der Waals surface area contributed by atoms with Crippen LogP contribution in [0, 0.1) is 0 Å². The van der Waals surface area contributed by atoms with Gasteiger partial charge in [0.25, 0.3) is 0 Å². The molecule has 3 nitrogen and oxygen atoms in total. The predicted molar refractivity (Wildman–Crippen MR) is 123 cm³/mol. The van der Waals surface area contributed by atoms with E-state index in [2.05, 4.69) is 0 Å². The lowest BCUT2D eigenvalue weighted by Crippen LogP contribution is -2.01. The topological polar surface area (TPSA) is 35.5 Å². The summed E-state index contributed by atoms with van der Waals surface area (Å²) < 4.78 is 11.7. The second kappa shape index (κ2) is 9.17. The summed E-state index contributed by atoms with van der Waals surface area (Å²) >= 11 is 13.9. The molecule has 3 aromatic carbocycles. The fourth-order valence-electron chi connectivity index (χ4n) is 3.10. The van der Waals surface area contributed by atoms with E-state index in [1.807, 2.05) is 67.6 Å². The molecular formula is C24H18Cl2O3S. The molecular weight excluding hydrogens is 439 g/mol. The van der Waals surface area contributed by atoms with Crippen molar-refractivity contribution in [1.29, 1.82) is 0 Å². The first kappa shape index (κ1) is 20.9. The number of hydrogen-bond acceptors (Lipinski definition) is 4. The lowest BCUT2D eigenvalue weighted by molar-refractivity contribution is 0.104. The lowest BCUT2D eigenvalue weighted by Gasteiger charge is -2.15. The van der Waals surface area contributed by atoms with Gasteiger partial charge in [-0.2, -0.15) is 0 Å². The Kier molecular flexibility index (Phi) is 6.38. The normalized spacial score (nSPS) is 14.1. The van der Waals surface area contributed by atoms with Crippen molar-refractivity contribution in [2.24, 2.45) is 0 Å². The lowest BCUT2D eigenvalue weighted by atomic mass is 10.1. The Labute approximate surface area is 189 Å². The van der Waals surface area contributed by atoms with Crippen molar-refractivity contribution in [2.75, 3.05) is 6.61 Å². The molecule has 0 bridgehead atoms. The van der Waals surface area contributed by atoms with Crippen LogP contribution in [0.15, 0.2) is 70.5 Å². The number of benzene rings is 3. The highest BCUT2D eigenvalue weighted by Crippen LogP contribution is 2.42. The smallest absolute Gasteiger partial charge is 0.200 e. The molecule has 0 spiro atoms. The van der Waals surface area contributed by atoms with Crippen LogP contribution in [0.1, 0.15) is 28.4 Å². The highest BCUT2D eigenvalue weighted by molar-refractivity contribution is 8.04. The number of allylic oxidation sites excluding steroid dienone is 1. The van der Waals surface area contributed by atoms with Crippen molar-refractivity contribution in [1.82, 2.24) is 0 Å². The minimum atomic E-state index is 0.0211. The number of ketones is 1. The van der Waals surface area contributed by atoms with Crippen LogP contribution >= 0.6 is 35.0 Å². The Morgan fingerprint density at radius 3 is 2.50 bits per heavy atom. The summed E-state index contributed by atoms with van der Waals surface area (Å²) in [4.78, 5) is 14.3. The summed E-state index contributed by atoms with van der Waals surface area (Å²) in [6.07, 6.45) is 1.84. The van der Waals surface area contributed by atoms with Crippen LogP contribution in [-0.2, 0) is 6.61 Å². The zero-order valence-electron chi connectivity index (χ0n) is 16.2. The van der Waals surface area contributed by atoms with E-state index in [9.17, 15) is 4.79 Å². The molecule has 6 heteroatoms. The van der Waals surface area contributed by atoms with Gasteiger partial charge in [0.2, 0.25) is 5.78 Å². The van der Waals surface area contributed by atoms with Crippen LogP contribution in [0.25, 0.3) is 6.08 Å². The average molecular weight is 457 g/mol. The van der Waals surface area contributed by atoms with Crippen molar-refractivity contribution in [3.05, 3.63) is 92.3 Å². The number of thioether (sulfide) groups is 1. The van der Waals surface area contributed by atoms with E-state index < -0.39 is 0 Å². The SMILES string of the molecule is CCOc1cc(/C=C2\Sc3ccccc3C2=O)cc(Cl)c1OCc1ccc(Cl)cc1. The van der Waals surface area contributed by atoms with Gasteiger partial charge in [-0.05, 0) is 60.5 Å². The molecule has 0 saturated heterocycles. The summed E-state index contributed by atoms with van der Waals surface area (Å²) in [6.45, 7) is 2.70. The molecule has 3 aromatic rings. The second-order valence-corrected chi connectivity index (χ2v) is 8.54. The van der Waals surface area contributed by atoms with E-state index in [4.69, 9.17) is 32.7 Å². The van der Waals surface area contributed by atoms with Gasteiger partial charge in [-0.1, -0.05) is 59.2 Å². The van der Waals surface area contributed by atoms with Gasteiger partial charge >= 0.3 is 0 Å². The summed E-state index contributed by atoms with van der Waals surface area (Å²) in [5.74, 6) is 1.04. The van der Waals surface area contributed by atoms with E-state index in [-0.39, 0.29) is 5.78 Å². The minimum Gasteiger partial charge on any atom is -0.490 e. The fourth-order valence-corrected chi connectivity index (χ4v) is 4.55. The summed E-state index contributed by atoms with van der Waals surface area (Å²) in [5, 5.41) is 1.10. The number of carbonyl (C=O) groups is 1. The van der Waals surface area contributed by atoms with Crippen LogP contribution in [0.4, 0.5) is 0 Å². The van der Waals surface area contributed by atoms with Gasteiger partial charge in [-0.3, -0.25) is 4.79 Å². The van der Waals surface area contributed by atoms with Gasteiger partial charge in [-0.25, -0.2) is 0 Å². The molecule has 4 rings (SSSR count). The molecule has 0 saturated carbocycles. The van der Waals surface area contributed by atoms with Crippen LogP contribution in [0.5, 0.6) is 11.5 Å². The number of rotatable bonds is 6. The zero-order valence-corrected chi connectivity index (χ0v) is 18.5. The van der Waals surface area contributed by atoms with Crippen molar-refractivity contribution in [3.63, 3.8) is 0 Å². The number of fused-ring (bicyclic) bond motifs is 1. The summed E-state index contributed by atoms with van der Waals surface area (Å²) in [6, 6.07) is 18.6. The quantitative estimate of drug-likeness (QED) is 0.364. The van der Waals surface area contributed by atoms with Crippen LogP contribution in [0.2, 0.25) is 10.0 Å². The van der Waals surface area contributed by atoms with Gasteiger partial charge in [0.15, 0.2) is 11.5 Å². The zero-order chi connectivity index (χ0) is 21.1. The molecule has 1 heterocycles. The Morgan fingerprint density at radius 2 is 1.77 bits per heavy atom. The van der Waals surface area contributed by atoms with Crippen molar-refractivity contribution in [3.8, 4) is 11.5 Å². The van der Waals surface area contributed by atoms with E-state index in [0.717, 1.165) is 21.6 Å². The van der Waals surface area contributed by atoms with Gasteiger partial charge in [0.05, 0.1) is 16.5 Å². The first-order valence-electron chi connectivity index (χ1n) is 9.42. The van der Waals surface area contributed by atoms with Crippen LogP contribution in [-0.4, -0.2) is 12.4 Å². The number of Topliss-reactive ketones (excluding diaryl/α,β-unsaturated/α-hetero) is 1. The van der Waals surface area contributed by atoms with Crippen molar-refractivity contribution in [2.45, 2.75) is 18.4 Å². The third kappa shape index (κ3) is 4.51. The van der Waals surface area contributed by atoms with Crippen molar-refractivity contribution >= 4 is 46.8 Å². The van der Waals surface area contributed by atoms with Gasteiger partial charge in [0, 0.05) is 15.5 Å². The van der Waals surface area contributed by atoms with Gasteiger partial charge < -0.3 is 9.47 Å². The molecule has 0 atom stereocenters. The molecule has 1 aliphatic rings. The maximum absolute atomic E-state index is 12.7. The Hall–Kier alpha value is -2.40. The molecule has 0 amide bonds. The first-order valence-corrected chi connectivity index (χ1v) is 11.0. The summed E-state index contributed by atoms with van der Waals surface area (Å²) in [7, 11) is 0. The molecule has 0 aliphatic carbocycles. The largest absolute Gasteiger partial charge is 0.490 e. The van der Waals surface area contributed by atoms with E-state index in [0.29, 0.717) is 39.7 Å². The Balaban J connectivity index is 1.60. The molecule has 0 N–H and O–H groups in total. The monoisotopic (exact) mass is 456 g/mol. The summed E-state index contributed by atoms with van der Waals surface area (Å²) in [5.41, 5.74) is 2.48. The van der Waals surface area contributed by atoms with Crippen molar-refractivity contribution < 1.29 is 14.3 Å². The highest BCUT2D eigenvalue weighted by Gasteiger charge is 2.25. The van der Waals surface area contributed by atoms with E-state index >= 15 is 0 Å². The molecule has 0 aromatic heterocycles. The molecule has 0 fully saturated rings. The van der Waals surface area contributed by atoms with Gasteiger partial charge in [-0.15, -0.1) is 0 Å². The van der Waals surface area contributed by atoms with E-state index in [1.54, 1.807) is 6.07 Å². The standard InChI is InChI=1S/C24H18Cl2O3S/c1-2-28-20-12-16(13-22-23(27)18-5-3-4-6-21(18)30-22)11-19(26)24(20)29-14-15-7-9-17(25)10-8-15/h3-13H,2,14H2,1H3/b22-13-. The minimum absolute atomic E-state index is 0.0211. The van der Waals surface area contributed by atoms with Crippen LogP contribution < -0.4 is 9.47 Å². The number of carbonyl (C=O) groups excluding carboxylic acids is 1. The van der Waals surface area contributed by atoms with E-state index in [1.165, 1.54) is 11.8 Å². The first-order chi connectivity index (χ1) is 14.5. The number of hydrogen-bond donors (Lipinski definition) is 0. The Bertz CT molecular complexity index is 1120.